The second kappa shape index (κ2) is 7.64. The number of methoxy groups -OCH3 is 1. The van der Waals surface area contributed by atoms with Crippen molar-refractivity contribution in [2.45, 2.75) is 58.0 Å². The molecule has 0 spiro atoms. The van der Waals surface area contributed by atoms with E-state index >= 15 is 0 Å². The zero-order valence-corrected chi connectivity index (χ0v) is 13.6. The fraction of sp³-hybridized carbons (Fsp3) is 0.867. The van der Waals surface area contributed by atoms with E-state index in [0.29, 0.717) is 26.1 Å². The van der Waals surface area contributed by atoms with Gasteiger partial charge in [-0.3, -0.25) is 0 Å². The summed E-state index contributed by atoms with van der Waals surface area (Å²) < 4.78 is 5.08. The summed E-state index contributed by atoms with van der Waals surface area (Å²) in [6.07, 6.45) is 3.03. The Kier molecular flexibility index (Phi) is 6.45. The van der Waals surface area contributed by atoms with Gasteiger partial charge < -0.3 is 19.6 Å². The first-order valence-electron chi connectivity index (χ1n) is 7.69. The Bertz CT molecular complexity index is 375. The lowest BCUT2D eigenvalue weighted by Gasteiger charge is -2.45. The molecule has 1 fully saturated rings. The van der Waals surface area contributed by atoms with Crippen molar-refractivity contribution in [1.82, 2.24) is 9.80 Å². The lowest BCUT2D eigenvalue weighted by molar-refractivity contribution is -0.151. The highest BCUT2D eigenvalue weighted by Crippen LogP contribution is 2.29. The van der Waals surface area contributed by atoms with E-state index in [4.69, 9.17) is 4.74 Å². The largest absolute Gasteiger partial charge is 0.480 e. The van der Waals surface area contributed by atoms with Crippen molar-refractivity contribution in [2.75, 3.05) is 26.8 Å². The van der Waals surface area contributed by atoms with Gasteiger partial charge in [-0.05, 0) is 39.5 Å². The van der Waals surface area contributed by atoms with Crippen molar-refractivity contribution in [3.05, 3.63) is 0 Å². The Balaban J connectivity index is 2.96. The zero-order valence-electron chi connectivity index (χ0n) is 13.6. The molecule has 1 rings (SSSR count). The molecule has 2 unspecified atom stereocenters. The fourth-order valence-electron chi connectivity index (χ4n) is 2.72. The maximum atomic E-state index is 12.9. The average Bonchev–Trinajstić information content (AvgIpc) is 2.47. The van der Waals surface area contributed by atoms with Gasteiger partial charge in [0.1, 0.15) is 5.54 Å². The number of carbonyl (C=O) groups is 2. The number of aliphatic carboxylic acids is 1. The Morgan fingerprint density at radius 2 is 2.10 bits per heavy atom. The van der Waals surface area contributed by atoms with Crippen molar-refractivity contribution in [2.24, 2.45) is 0 Å². The van der Waals surface area contributed by atoms with E-state index in [0.717, 1.165) is 19.3 Å². The lowest BCUT2D eigenvalue weighted by atomic mass is 9.88. The summed E-state index contributed by atoms with van der Waals surface area (Å²) in [5, 5.41) is 9.53. The van der Waals surface area contributed by atoms with Gasteiger partial charge in [0, 0.05) is 26.2 Å². The molecule has 0 bridgehead atoms. The van der Waals surface area contributed by atoms with Crippen LogP contribution in [-0.4, -0.2) is 65.3 Å². The van der Waals surface area contributed by atoms with Gasteiger partial charge in [-0.15, -0.1) is 0 Å². The van der Waals surface area contributed by atoms with Gasteiger partial charge in [0.2, 0.25) is 0 Å². The van der Waals surface area contributed by atoms with Crippen molar-refractivity contribution in [3.8, 4) is 0 Å². The van der Waals surface area contributed by atoms with Crippen LogP contribution in [-0.2, 0) is 9.53 Å². The smallest absolute Gasteiger partial charge is 0.329 e. The van der Waals surface area contributed by atoms with Crippen LogP contribution in [0.25, 0.3) is 0 Å². The minimum absolute atomic E-state index is 0.0626. The number of carboxylic acids is 1. The van der Waals surface area contributed by atoms with Crippen LogP contribution in [0.2, 0.25) is 0 Å². The molecule has 21 heavy (non-hydrogen) atoms. The predicted molar refractivity (Wildman–Crippen MR) is 80.3 cm³/mol. The summed E-state index contributed by atoms with van der Waals surface area (Å²) in [7, 11) is 1.60. The molecule has 0 aromatic rings. The number of amides is 2. The van der Waals surface area contributed by atoms with E-state index in [9.17, 15) is 14.7 Å². The van der Waals surface area contributed by atoms with E-state index in [2.05, 4.69) is 0 Å². The average molecular weight is 300 g/mol. The molecular formula is C15H28N2O4. The number of hydrogen-bond donors (Lipinski definition) is 1. The molecule has 2 amide bonds. The van der Waals surface area contributed by atoms with E-state index < -0.39 is 11.5 Å². The highest BCUT2D eigenvalue weighted by molar-refractivity contribution is 5.86. The van der Waals surface area contributed by atoms with Gasteiger partial charge in [0.25, 0.3) is 0 Å². The number of ether oxygens (including phenoxy) is 1. The standard InChI is InChI=1S/C15H28N2O4/c1-5-12(2)16(10-11-21-4)14(20)17-9-7-6-8-15(17,3)13(18)19/h12H,5-11H2,1-4H3,(H,18,19). The maximum absolute atomic E-state index is 12.9. The first-order chi connectivity index (χ1) is 9.88. The molecule has 1 N–H and O–H groups in total. The summed E-state index contributed by atoms with van der Waals surface area (Å²) in [5.74, 6) is -0.925. The Hall–Kier alpha value is -1.30. The molecule has 0 aliphatic carbocycles. The second-order valence-electron chi connectivity index (χ2n) is 5.91. The summed E-state index contributed by atoms with van der Waals surface area (Å²) in [4.78, 5) is 27.7. The van der Waals surface area contributed by atoms with E-state index in [1.54, 1.807) is 18.9 Å². The minimum atomic E-state index is -1.10. The van der Waals surface area contributed by atoms with Crippen LogP contribution in [0.1, 0.15) is 46.5 Å². The Morgan fingerprint density at radius 3 is 2.62 bits per heavy atom. The molecule has 1 aliphatic heterocycles. The van der Waals surface area contributed by atoms with Crippen LogP contribution in [0.3, 0.4) is 0 Å². The van der Waals surface area contributed by atoms with Gasteiger partial charge in [-0.2, -0.15) is 0 Å². The molecule has 1 saturated heterocycles. The fourth-order valence-corrected chi connectivity index (χ4v) is 2.72. The third kappa shape index (κ3) is 3.87. The topological polar surface area (TPSA) is 70.1 Å². The van der Waals surface area contributed by atoms with Crippen molar-refractivity contribution in [3.63, 3.8) is 0 Å². The molecular weight excluding hydrogens is 272 g/mol. The zero-order chi connectivity index (χ0) is 16.0. The van der Waals surface area contributed by atoms with E-state index in [1.165, 1.54) is 4.90 Å². The van der Waals surface area contributed by atoms with Crippen LogP contribution in [0, 0.1) is 0 Å². The Morgan fingerprint density at radius 1 is 1.43 bits per heavy atom. The number of rotatable bonds is 6. The van der Waals surface area contributed by atoms with Gasteiger partial charge in [0.05, 0.1) is 6.61 Å². The van der Waals surface area contributed by atoms with Crippen molar-refractivity contribution < 1.29 is 19.4 Å². The molecule has 2 atom stereocenters. The number of carbonyl (C=O) groups excluding carboxylic acids is 1. The summed E-state index contributed by atoms with van der Waals surface area (Å²) in [6, 6.07) is -0.126. The van der Waals surface area contributed by atoms with Gasteiger partial charge in [-0.1, -0.05) is 6.92 Å². The lowest BCUT2D eigenvalue weighted by Crippen LogP contribution is -2.61. The minimum Gasteiger partial charge on any atom is -0.480 e. The molecule has 6 heteroatoms. The normalized spacial score (nSPS) is 23.7. The monoisotopic (exact) mass is 300 g/mol. The van der Waals surface area contributed by atoms with Crippen LogP contribution in [0.15, 0.2) is 0 Å². The van der Waals surface area contributed by atoms with E-state index in [-0.39, 0.29) is 12.1 Å². The van der Waals surface area contributed by atoms with Gasteiger partial charge in [-0.25, -0.2) is 9.59 Å². The van der Waals surface area contributed by atoms with E-state index in [1.807, 2.05) is 13.8 Å². The predicted octanol–water partition coefficient (Wildman–Crippen LogP) is 2.18. The van der Waals surface area contributed by atoms with Gasteiger partial charge >= 0.3 is 12.0 Å². The van der Waals surface area contributed by atoms with Crippen LogP contribution in [0.5, 0.6) is 0 Å². The van der Waals surface area contributed by atoms with Crippen molar-refractivity contribution in [1.29, 1.82) is 0 Å². The van der Waals surface area contributed by atoms with Crippen LogP contribution in [0.4, 0.5) is 4.79 Å². The molecule has 0 aromatic heterocycles. The number of piperidine rings is 1. The molecule has 0 aromatic carbocycles. The summed E-state index contributed by atoms with van der Waals surface area (Å²) in [6.45, 7) is 7.09. The third-order valence-electron chi connectivity index (χ3n) is 4.49. The SMILES string of the molecule is CCC(C)N(CCOC)C(=O)N1CCCCC1(C)C(=O)O. The Labute approximate surface area is 127 Å². The number of hydrogen-bond acceptors (Lipinski definition) is 3. The quantitative estimate of drug-likeness (QED) is 0.816. The first-order valence-corrected chi connectivity index (χ1v) is 7.69. The number of carboxylic acid groups (broad SMARTS) is 1. The number of urea groups is 1. The molecule has 1 aliphatic rings. The molecule has 6 nitrogen and oxygen atoms in total. The highest BCUT2D eigenvalue weighted by atomic mass is 16.5. The highest BCUT2D eigenvalue weighted by Gasteiger charge is 2.45. The van der Waals surface area contributed by atoms with Gasteiger partial charge in [0.15, 0.2) is 0 Å². The molecule has 0 saturated carbocycles. The maximum Gasteiger partial charge on any atom is 0.329 e. The van der Waals surface area contributed by atoms with Crippen LogP contribution < -0.4 is 0 Å². The molecule has 0 radical (unpaired) electrons. The van der Waals surface area contributed by atoms with Crippen molar-refractivity contribution >= 4 is 12.0 Å². The summed E-state index contributed by atoms with van der Waals surface area (Å²) in [5.41, 5.74) is -1.10. The summed E-state index contributed by atoms with van der Waals surface area (Å²) >= 11 is 0. The molecule has 1 heterocycles. The molecule has 122 valence electrons. The van der Waals surface area contributed by atoms with Crippen LogP contribution >= 0.6 is 0 Å². The number of nitrogens with zero attached hydrogens (tertiary/aromatic N) is 2. The first kappa shape index (κ1) is 17.8. The third-order valence-corrected chi connectivity index (χ3v) is 4.49. The number of likely N-dealkylation sites (tertiary alicyclic amines) is 1. The second-order valence-corrected chi connectivity index (χ2v) is 5.91.